The summed E-state index contributed by atoms with van der Waals surface area (Å²) in [4.78, 5) is 41.1. The van der Waals surface area contributed by atoms with Crippen LogP contribution in [0.3, 0.4) is 0 Å². The second kappa shape index (κ2) is 12.3. The highest BCUT2D eigenvalue weighted by molar-refractivity contribution is 6.00. The van der Waals surface area contributed by atoms with E-state index in [-0.39, 0.29) is 36.7 Å². The smallest absolute Gasteiger partial charge is 0.262 e. The van der Waals surface area contributed by atoms with Gasteiger partial charge in [-0.05, 0) is 49.4 Å². The maximum absolute atomic E-state index is 12.6. The monoisotopic (exact) mass is 480 g/mol. The third kappa shape index (κ3) is 7.27. The third-order valence-corrected chi connectivity index (χ3v) is 6.13. The molecule has 2 N–H and O–H groups in total. The van der Waals surface area contributed by atoms with Gasteiger partial charge in [-0.1, -0.05) is 18.2 Å². The minimum Gasteiger partial charge on any atom is -0.484 e. The van der Waals surface area contributed by atoms with E-state index in [1.165, 1.54) is 0 Å². The summed E-state index contributed by atoms with van der Waals surface area (Å²) >= 11 is 0. The van der Waals surface area contributed by atoms with Crippen LogP contribution in [-0.4, -0.2) is 75.2 Å². The average Bonchev–Trinajstić information content (AvgIpc) is 3.28. The van der Waals surface area contributed by atoms with Gasteiger partial charge in [-0.2, -0.15) is 0 Å². The first-order valence-corrected chi connectivity index (χ1v) is 12.0. The SMILES string of the molecule is O=C(COc1ccc(N2C[C@@H](C(=O)NCCCN3CCOCC3)CC2=O)cc1)Nc1ccccc1. The summed E-state index contributed by atoms with van der Waals surface area (Å²) in [6.07, 6.45) is 1.08. The van der Waals surface area contributed by atoms with Crippen LogP contribution in [0, 0.1) is 5.92 Å². The Balaban J connectivity index is 1.19. The number of hydrogen-bond donors (Lipinski definition) is 2. The molecule has 0 bridgehead atoms. The number of nitrogens with one attached hydrogen (secondary N) is 2. The van der Waals surface area contributed by atoms with E-state index in [1.807, 2.05) is 18.2 Å². The Kier molecular flexibility index (Phi) is 8.69. The number of anilines is 2. The first kappa shape index (κ1) is 24.7. The van der Waals surface area contributed by atoms with Crippen molar-refractivity contribution in [1.82, 2.24) is 10.2 Å². The Morgan fingerprint density at radius 1 is 1.03 bits per heavy atom. The molecule has 0 aliphatic carbocycles. The number of carbonyl (C=O) groups is 3. The van der Waals surface area contributed by atoms with Gasteiger partial charge in [-0.25, -0.2) is 0 Å². The zero-order valence-corrected chi connectivity index (χ0v) is 19.8. The van der Waals surface area contributed by atoms with E-state index in [1.54, 1.807) is 41.3 Å². The van der Waals surface area contributed by atoms with Gasteiger partial charge >= 0.3 is 0 Å². The Bertz CT molecular complexity index is 993. The largest absolute Gasteiger partial charge is 0.484 e. The average molecular weight is 481 g/mol. The summed E-state index contributed by atoms with van der Waals surface area (Å²) in [5, 5.41) is 5.74. The first-order valence-electron chi connectivity index (χ1n) is 12.0. The Hall–Kier alpha value is -3.43. The van der Waals surface area contributed by atoms with Crippen LogP contribution in [-0.2, 0) is 19.1 Å². The third-order valence-electron chi connectivity index (χ3n) is 6.13. The molecule has 2 aliphatic heterocycles. The van der Waals surface area contributed by atoms with E-state index in [2.05, 4.69) is 15.5 Å². The van der Waals surface area contributed by atoms with E-state index in [9.17, 15) is 14.4 Å². The topological polar surface area (TPSA) is 100 Å². The van der Waals surface area contributed by atoms with Crippen LogP contribution in [0.25, 0.3) is 0 Å². The van der Waals surface area contributed by atoms with E-state index < -0.39 is 0 Å². The molecule has 0 saturated carbocycles. The van der Waals surface area contributed by atoms with Crippen molar-refractivity contribution in [2.75, 3.05) is 62.8 Å². The lowest BCUT2D eigenvalue weighted by Gasteiger charge is -2.26. The molecule has 2 aromatic rings. The molecule has 4 rings (SSSR count). The molecule has 186 valence electrons. The molecule has 35 heavy (non-hydrogen) atoms. The number of ether oxygens (including phenoxy) is 2. The van der Waals surface area contributed by atoms with E-state index in [4.69, 9.17) is 9.47 Å². The van der Waals surface area contributed by atoms with Gasteiger partial charge in [-0.15, -0.1) is 0 Å². The zero-order valence-electron chi connectivity index (χ0n) is 19.8. The van der Waals surface area contributed by atoms with E-state index >= 15 is 0 Å². The number of rotatable bonds is 10. The summed E-state index contributed by atoms with van der Waals surface area (Å²) in [7, 11) is 0. The summed E-state index contributed by atoms with van der Waals surface area (Å²) < 4.78 is 10.9. The molecule has 9 nitrogen and oxygen atoms in total. The van der Waals surface area contributed by atoms with E-state index in [0.717, 1.165) is 39.3 Å². The molecule has 2 aromatic carbocycles. The maximum atomic E-state index is 12.6. The molecule has 0 spiro atoms. The second-order valence-corrected chi connectivity index (χ2v) is 8.70. The molecule has 2 fully saturated rings. The molecule has 2 aliphatic rings. The predicted octanol–water partition coefficient (Wildman–Crippen LogP) is 1.90. The first-order chi connectivity index (χ1) is 17.1. The van der Waals surface area contributed by atoms with Crippen LogP contribution < -0.4 is 20.3 Å². The fourth-order valence-electron chi connectivity index (χ4n) is 4.21. The van der Waals surface area contributed by atoms with E-state index in [0.29, 0.717) is 30.2 Å². The number of amides is 3. The lowest BCUT2D eigenvalue weighted by atomic mass is 10.1. The standard InChI is InChI=1S/C26H32N4O5/c31-24(28-21-5-2-1-3-6-21)19-35-23-9-7-22(8-10-23)30-18-20(17-25(30)32)26(33)27-11-4-12-29-13-15-34-16-14-29/h1-3,5-10,20H,4,11-19H2,(H,27,33)(H,28,31)/t20-/m0/s1. The molecule has 9 heteroatoms. The zero-order chi connectivity index (χ0) is 24.5. The number of para-hydroxylation sites is 1. The highest BCUT2D eigenvalue weighted by Crippen LogP contribution is 2.27. The molecule has 3 amide bonds. The maximum Gasteiger partial charge on any atom is 0.262 e. The lowest BCUT2D eigenvalue weighted by molar-refractivity contribution is -0.126. The lowest BCUT2D eigenvalue weighted by Crippen LogP contribution is -2.39. The van der Waals surface area contributed by atoms with Crippen LogP contribution in [0.15, 0.2) is 54.6 Å². The van der Waals surface area contributed by atoms with Crippen molar-refractivity contribution in [2.45, 2.75) is 12.8 Å². The molecular weight excluding hydrogens is 448 g/mol. The quantitative estimate of drug-likeness (QED) is 0.504. The predicted molar refractivity (Wildman–Crippen MR) is 132 cm³/mol. The minimum atomic E-state index is -0.358. The molecular formula is C26H32N4O5. The van der Waals surface area contributed by atoms with Crippen LogP contribution in [0.4, 0.5) is 11.4 Å². The van der Waals surface area contributed by atoms with Crippen molar-refractivity contribution >= 4 is 29.1 Å². The van der Waals surface area contributed by atoms with Gasteiger partial charge in [0.15, 0.2) is 6.61 Å². The molecule has 1 atom stereocenters. The number of benzene rings is 2. The van der Waals surface area contributed by atoms with Crippen molar-refractivity contribution in [3.05, 3.63) is 54.6 Å². The molecule has 2 heterocycles. The second-order valence-electron chi connectivity index (χ2n) is 8.70. The van der Waals surface area contributed by atoms with Gasteiger partial charge in [0, 0.05) is 44.0 Å². The van der Waals surface area contributed by atoms with Gasteiger partial charge in [0.1, 0.15) is 5.75 Å². The van der Waals surface area contributed by atoms with Crippen LogP contribution in [0.5, 0.6) is 5.75 Å². The van der Waals surface area contributed by atoms with Crippen LogP contribution >= 0.6 is 0 Å². The number of nitrogens with zero attached hydrogens (tertiary/aromatic N) is 2. The van der Waals surface area contributed by atoms with Gasteiger partial charge in [0.25, 0.3) is 5.91 Å². The van der Waals surface area contributed by atoms with Gasteiger partial charge in [0.05, 0.1) is 19.1 Å². The minimum absolute atomic E-state index is 0.0747. The summed E-state index contributed by atoms with van der Waals surface area (Å²) in [6.45, 7) is 5.17. The summed E-state index contributed by atoms with van der Waals surface area (Å²) in [5.41, 5.74) is 1.42. The fourth-order valence-corrected chi connectivity index (χ4v) is 4.21. The molecule has 0 radical (unpaired) electrons. The van der Waals surface area contributed by atoms with Crippen molar-refractivity contribution in [2.24, 2.45) is 5.92 Å². The van der Waals surface area contributed by atoms with Gasteiger partial charge < -0.3 is 25.0 Å². The Morgan fingerprint density at radius 3 is 2.51 bits per heavy atom. The van der Waals surface area contributed by atoms with Crippen molar-refractivity contribution in [3.8, 4) is 5.75 Å². The fraction of sp³-hybridized carbons (Fsp3) is 0.423. The number of hydrogen-bond acceptors (Lipinski definition) is 6. The normalized spacial score (nSPS) is 18.3. The summed E-state index contributed by atoms with van der Waals surface area (Å²) in [6, 6.07) is 16.1. The van der Waals surface area contributed by atoms with Gasteiger partial charge in [0.2, 0.25) is 11.8 Å². The molecule has 0 unspecified atom stereocenters. The number of morpholine rings is 1. The Labute approximate surface area is 205 Å². The highest BCUT2D eigenvalue weighted by Gasteiger charge is 2.35. The molecule has 0 aromatic heterocycles. The van der Waals surface area contributed by atoms with Crippen LogP contribution in [0.1, 0.15) is 12.8 Å². The highest BCUT2D eigenvalue weighted by atomic mass is 16.5. The van der Waals surface area contributed by atoms with Crippen LogP contribution in [0.2, 0.25) is 0 Å². The summed E-state index contributed by atoms with van der Waals surface area (Å²) in [5.74, 6) is -0.239. The van der Waals surface area contributed by atoms with Gasteiger partial charge in [-0.3, -0.25) is 19.3 Å². The number of carbonyl (C=O) groups excluding carboxylic acids is 3. The van der Waals surface area contributed by atoms with Crippen molar-refractivity contribution < 1.29 is 23.9 Å². The van der Waals surface area contributed by atoms with Crippen molar-refractivity contribution in [1.29, 1.82) is 0 Å². The van der Waals surface area contributed by atoms with Crippen molar-refractivity contribution in [3.63, 3.8) is 0 Å². The molecule has 2 saturated heterocycles. The Morgan fingerprint density at radius 2 is 1.77 bits per heavy atom.